The van der Waals surface area contributed by atoms with Gasteiger partial charge in [0.2, 0.25) is 11.2 Å². The molecule has 0 unspecified atom stereocenters. The summed E-state index contributed by atoms with van der Waals surface area (Å²) in [5.74, 6) is 1.91. The van der Waals surface area contributed by atoms with Gasteiger partial charge in [0.05, 0.1) is 12.5 Å². The summed E-state index contributed by atoms with van der Waals surface area (Å²) in [5.41, 5.74) is 0.832. The van der Waals surface area contributed by atoms with Crippen LogP contribution in [0.5, 0.6) is 17.2 Å². The predicted octanol–water partition coefficient (Wildman–Crippen LogP) is 6.73. The van der Waals surface area contributed by atoms with Gasteiger partial charge in [-0.3, -0.25) is 4.79 Å². The first-order valence-electron chi connectivity index (χ1n) is 10.8. The molecule has 5 nitrogen and oxygen atoms in total. The normalized spacial score (nSPS) is 11.0. The maximum absolute atomic E-state index is 13.3. The molecule has 0 atom stereocenters. The van der Waals surface area contributed by atoms with E-state index in [9.17, 15) is 4.79 Å². The molecule has 1 heterocycles. The summed E-state index contributed by atoms with van der Waals surface area (Å²) in [5, 5.41) is 2.91. The molecule has 0 aliphatic carbocycles. The lowest BCUT2D eigenvalue weighted by molar-refractivity contribution is 0.216. The van der Waals surface area contributed by atoms with E-state index in [1.54, 1.807) is 37.4 Å². The first-order chi connectivity index (χ1) is 16.6. The van der Waals surface area contributed by atoms with Crippen LogP contribution in [0.1, 0.15) is 0 Å². The van der Waals surface area contributed by atoms with E-state index in [2.05, 4.69) is 0 Å². The van der Waals surface area contributed by atoms with Crippen LogP contribution in [0.4, 0.5) is 0 Å². The summed E-state index contributed by atoms with van der Waals surface area (Å²) in [6, 6.07) is 26.1. The van der Waals surface area contributed by atoms with Crippen molar-refractivity contribution in [2.24, 2.45) is 0 Å². The van der Waals surface area contributed by atoms with Crippen molar-refractivity contribution in [3.05, 3.63) is 100 Å². The Morgan fingerprint density at radius 3 is 2.41 bits per heavy atom. The minimum Gasteiger partial charge on any atom is -0.497 e. The van der Waals surface area contributed by atoms with Gasteiger partial charge in [-0.05, 0) is 53.9 Å². The highest BCUT2D eigenvalue weighted by molar-refractivity contribution is 6.31. The molecule has 5 rings (SSSR count). The second-order valence-corrected chi connectivity index (χ2v) is 8.07. The Bertz CT molecular complexity index is 1520. The first kappa shape index (κ1) is 21.9. The van der Waals surface area contributed by atoms with E-state index >= 15 is 0 Å². The van der Waals surface area contributed by atoms with Crippen molar-refractivity contribution in [3.8, 4) is 28.6 Å². The van der Waals surface area contributed by atoms with E-state index in [-0.39, 0.29) is 24.4 Å². The molecule has 0 radical (unpaired) electrons. The van der Waals surface area contributed by atoms with Crippen LogP contribution in [-0.2, 0) is 0 Å². The highest BCUT2D eigenvalue weighted by atomic mass is 35.5. The molecule has 6 heteroatoms. The number of hydrogen-bond acceptors (Lipinski definition) is 5. The summed E-state index contributed by atoms with van der Waals surface area (Å²) in [6.07, 6.45) is 0. The topological polar surface area (TPSA) is 57.9 Å². The fourth-order valence-electron chi connectivity index (χ4n) is 3.83. The molecule has 0 saturated carbocycles. The number of rotatable bonds is 7. The van der Waals surface area contributed by atoms with Crippen molar-refractivity contribution in [3.63, 3.8) is 0 Å². The van der Waals surface area contributed by atoms with E-state index in [1.807, 2.05) is 54.6 Å². The third-order valence-corrected chi connectivity index (χ3v) is 5.73. The molecular weight excluding hydrogens is 452 g/mol. The van der Waals surface area contributed by atoms with Crippen LogP contribution in [0.25, 0.3) is 33.1 Å². The van der Waals surface area contributed by atoms with Gasteiger partial charge in [0, 0.05) is 16.0 Å². The third kappa shape index (κ3) is 4.30. The van der Waals surface area contributed by atoms with Crippen molar-refractivity contribution in [1.29, 1.82) is 0 Å². The molecule has 0 bridgehead atoms. The number of benzene rings is 4. The van der Waals surface area contributed by atoms with Gasteiger partial charge in [0.15, 0.2) is 5.76 Å². The maximum Gasteiger partial charge on any atom is 0.235 e. The van der Waals surface area contributed by atoms with E-state index in [4.69, 9.17) is 30.2 Å². The van der Waals surface area contributed by atoms with Gasteiger partial charge in [-0.2, -0.15) is 0 Å². The Morgan fingerprint density at radius 2 is 1.59 bits per heavy atom. The molecule has 170 valence electrons. The number of halogens is 1. The summed E-state index contributed by atoms with van der Waals surface area (Å²) in [4.78, 5) is 13.3. The largest absolute Gasteiger partial charge is 0.497 e. The fourth-order valence-corrected chi connectivity index (χ4v) is 4.00. The molecule has 0 saturated heterocycles. The van der Waals surface area contributed by atoms with E-state index < -0.39 is 0 Å². The van der Waals surface area contributed by atoms with Crippen LogP contribution in [-0.4, -0.2) is 20.3 Å². The van der Waals surface area contributed by atoms with E-state index in [1.165, 1.54) is 0 Å². The van der Waals surface area contributed by atoms with Crippen LogP contribution in [0.2, 0.25) is 5.02 Å². The van der Waals surface area contributed by atoms with Gasteiger partial charge < -0.3 is 18.6 Å². The van der Waals surface area contributed by atoms with Crippen molar-refractivity contribution in [1.82, 2.24) is 0 Å². The number of fused-ring (bicyclic) bond motifs is 2. The smallest absolute Gasteiger partial charge is 0.235 e. The van der Waals surface area contributed by atoms with Crippen LogP contribution in [0.15, 0.2) is 94.1 Å². The lowest BCUT2D eigenvalue weighted by Crippen LogP contribution is -2.15. The van der Waals surface area contributed by atoms with Gasteiger partial charge in [0.25, 0.3) is 0 Å². The summed E-state index contributed by atoms with van der Waals surface area (Å²) in [7, 11) is 1.60. The molecule has 0 aliphatic heterocycles. The summed E-state index contributed by atoms with van der Waals surface area (Å²) < 4.78 is 23.3. The Hall–Kier alpha value is -3.96. The van der Waals surface area contributed by atoms with Gasteiger partial charge >= 0.3 is 0 Å². The molecule has 0 amide bonds. The maximum atomic E-state index is 13.3. The molecule has 4 aromatic carbocycles. The number of hydrogen-bond donors (Lipinski definition) is 0. The SMILES string of the molecule is COc1ccc(-c2oc3ccc(Cl)cc3c(=O)c2OCCOc2cccc3ccccc23)cc1. The fraction of sp³-hybridized carbons (Fsp3) is 0.107. The van der Waals surface area contributed by atoms with Crippen molar-refractivity contribution >= 4 is 33.3 Å². The molecule has 34 heavy (non-hydrogen) atoms. The van der Waals surface area contributed by atoms with Gasteiger partial charge in [0.1, 0.15) is 30.3 Å². The molecule has 1 aromatic heterocycles. The van der Waals surface area contributed by atoms with Crippen molar-refractivity contribution < 1.29 is 18.6 Å². The lowest BCUT2D eigenvalue weighted by atomic mass is 10.1. The highest BCUT2D eigenvalue weighted by Crippen LogP contribution is 2.33. The van der Waals surface area contributed by atoms with E-state index in [0.29, 0.717) is 33.1 Å². The monoisotopic (exact) mass is 472 g/mol. The Morgan fingerprint density at radius 1 is 0.824 bits per heavy atom. The van der Waals surface area contributed by atoms with Crippen molar-refractivity contribution in [2.45, 2.75) is 0 Å². The predicted molar refractivity (Wildman–Crippen MR) is 134 cm³/mol. The number of ether oxygens (including phenoxy) is 3. The van der Waals surface area contributed by atoms with E-state index in [0.717, 1.165) is 16.5 Å². The third-order valence-electron chi connectivity index (χ3n) is 5.50. The van der Waals surface area contributed by atoms with Crippen LogP contribution >= 0.6 is 11.6 Å². The summed E-state index contributed by atoms with van der Waals surface area (Å²) >= 11 is 6.12. The van der Waals surface area contributed by atoms with Gasteiger partial charge in [-0.15, -0.1) is 0 Å². The van der Waals surface area contributed by atoms with Crippen molar-refractivity contribution in [2.75, 3.05) is 20.3 Å². The Kier molecular flexibility index (Phi) is 6.11. The average Bonchev–Trinajstić information content (AvgIpc) is 2.88. The molecule has 0 fully saturated rings. The molecule has 5 aromatic rings. The van der Waals surface area contributed by atoms with Gasteiger partial charge in [-0.25, -0.2) is 0 Å². The minimum absolute atomic E-state index is 0.112. The Labute approximate surface area is 201 Å². The zero-order valence-corrected chi connectivity index (χ0v) is 19.2. The molecule has 0 N–H and O–H groups in total. The molecule has 0 spiro atoms. The zero-order valence-electron chi connectivity index (χ0n) is 18.4. The quantitative estimate of drug-likeness (QED) is 0.246. The highest BCUT2D eigenvalue weighted by Gasteiger charge is 2.18. The standard InChI is InChI=1S/C28H21ClO5/c1-31-21-12-9-19(10-13-21)27-28(26(30)23-17-20(29)11-14-25(23)34-27)33-16-15-32-24-8-4-6-18-5-2-3-7-22(18)24/h2-14,17H,15-16H2,1H3. The van der Waals surface area contributed by atoms with Crippen LogP contribution < -0.4 is 19.6 Å². The second-order valence-electron chi connectivity index (χ2n) is 7.63. The first-order valence-corrected chi connectivity index (χ1v) is 11.2. The zero-order chi connectivity index (χ0) is 23.5. The second kappa shape index (κ2) is 9.49. The van der Waals surface area contributed by atoms with Crippen LogP contribution in [0, 0.1) is 0 Å². The number of methoxy groups -OCH3 is 1. The molecule has 0 aliphatic rings. The Balaban J connectivity index is 1.44. The minimum atomic E-state index is -0.292. The average molecular weight is 473 g/mol. The van der Waals surface area contributed by atoms with Gasteiger partial charge in [-0.1, -0.05) is 48.0 Å². The lowest BCUT2D eigenvalue weighted by Gasteiger charge is -2.13. The van der Waals surface area contributed by atoms with Crippen LogP contribution in [0.3, 0.4) is 0 Å². The summed E-state index contributed by atoms with van der Waals surface area (Å²) in [6.45, 7) is 0.409. The molecular formula is C28H21ClO5.